The third kappa shape index (κ3) is 4.77. The summed E-state index contributed by atoms with van der Waals surface area (Å²) < 4.78 is 52.9. The van der Waals surface area contributed by atoms with Crippen LogP contribution in [-0.4, -0.2) is 36.7 Å². The molecule has 1 aromatic carbocycles. The van der Waals surface area contributed by atoms with Crippen molar-refractivity contribution in [2.75, 3.05) is 0 Å². The molecule has 0 unspecified atom stereocenters. The largest absolute Gasteiger partial charge is 0.573 e. The molecule has 13 heteroatoms. The van der Waals surface area contributed by atoms with E-state index in [1.54, 1.807) is 12.1 Å². The van der Waals surface area contributed by atoms with Crippen LogP contribution >= 0.6 is 0 Å². The summed E-state index contributed by atoms with van der Waals surface area (Å²) in [6.07, 6.45) is -3.26. The number of halogens is 3. The van der Waals surface area contributed by atoms with Gasteiger partial charge in [-0.25, -0.2) is 13.9 Å². The number of esters is 1. The van der Waals surface area contributed by atoms with Gasteiger partial charge in [-0.05, 0) is 35.4 Å². The Hall–Kier alpha value is -4.16. The molecule has 0 atom stereocenters. The van der Waals surface area contributed by atoms with Crippen LogP contribution in [0, 0.1) is 0 Å². The Bertz CT molecular complexity index is 1320. The molecule has 0 saturated carbocycles. The van der Waals surface area contributed by atoms with E-state index in [0.29, 0.717) is 16.8 Å². The summed E-state index contributed by atoms with van der Waals surface area (Å²) in [4.78, 5) is 27.6. The molecular weight excluding hydrogens is 435 g/mol. The van der Waals surface area contributed by atoms with Gasteiger partial charge in [-0.2, -0.15) is 4.98 Å². The zero-order valence-corrected chi connectivity index (χ0v) is 16.4. The zero-order chi connectivity index (χ0) is 22.9. The number of ether oxygens (including phenoxy) is 2. The lowest BCUT2D eigenvalue weighted by molar-refractivity contribution is -0.274. The van der Waals surface area contributed by atoms with Crippen LogP contribution in [0.3, 0.4) is 0 Å². The molecule has 0 aliphatic heterocycles. The smallest absolute Gasteiger partial charge is 0.456 e. The van der Waals surface area contributed by atoms with E-state index in [1.165, 1.54) is 41.8 Å². The molecule has 3 heterocycles. The van der Waals surface area contributed by atoms with Gasteiger partial charge in [0.1, 0.15) is 12.3 Å². The number of fused-ring (bicyclic) bond motifs is 1. The molecule has 0 aliphatic carbocycles. The topological polar surface area (TPSA) is 114 Å². The van der Waals surface area contributed by atoms with Crippen molar-refractivity contribution < 1.29 is 32.0 Å². The fourth-order valence-electron chi connectivity index (χ4n) is 2.85. The predicted octanol–water partition coefficient (Wildman–Crippen LogP) is 2.56. The number of aromatic nitrogens is 5. The first kappa shape index (κ1) is 21.1. The van der Waals surface area contributed by atoms with Crippen molar-refractivity contribution >= 4 is 11.6 Å². The van der Waals surface area contributed by atoms with Crippen LogP contribution in [0.15, 0.2) is 51.9 Å². The summed E-state index contributed by atoms with van der Waals surface area (Å²) in [5.41, 5.74) is 1.03. The van der Waals surface area contributed by atoms with Crippen molar-refractivity contribution in [1.29, 1.82) is 0 Å². The summed E-state index contributed by atoms with van der Waals surface area (Å²) in [6.45, 7) is 0.980. The lowest BCUT2D eigenvalue weighted by atomic mass is 10.1. The monoisotopic (exact) mass is 449 g/mol. The van der Waals surface area contributed by atoms with Crippen LogP contribution in [0.1, 0.15) is 18.6 Å². The summed E-state index contributed by atoms with van der Waals surface area (Å²) in [6, 6.07) is 8.53. The quantitative estimate of drug-likeness (QED) is 0.413. The second kappa shape index (κ2) is 8.17. The number of benzene rings is 1. The van der Waals surface area contributed by atoms with Gasteiger partial charge < -0.3 is 14.0 Å². The molecule has 0 aliphatic rings. The maximum atomic E-state index is 12.7. The average molecular weight is 449 g/mol. The van der Waals surface area contributed by atoms with E-state index >= 15 is 0 Å². The molecule has 166 valence electrons. The van der Waals surface area contributed by atoms with E-state index in [2.05, 4.69) is 20.0 Å². The Labute approximate surface area is 176 Å². The molecule has 0 saturated heterocycles. The van der Waals surface area contributed by atoms with Crippen LogP contribution < -0.4 is 10.4 Å². The molecule has 4 aromatic rings. The second-order valence-corrected chi connectivity index (χ2v) is 6.54. The Kier molecular flexibility index (Phi) is 5.38. The summed E-state index contributed by atoms with van der Waals surface area (Å²) in [5.74, 6) is -0.606. The molecule has 10 nitrogen and oxygen atoms in total. The number of pyridine rings is 1. The third-order valence-electron chi connectivity index (χ3n) is 4.20. The van der Waals surface area contributed by atoms with Crippen molar-refractivity contribution in [1.82, 2.24) is 24.3 Å². The highest BCUT2D eigenvalue weighted by atomic mass is 19.4. The van der Waals surface area contributed by atoms with Crippen LogP contribution in [-0.2, 0) is 22.7 Å². The predicted molar refractivity (Wildman–Crippen MR) is 100 cm³/mol. The van der Waals surface area contributed by atoms with Gasteiger partial charge in [-0.1, -0.05) is 17.3 Å². The maximum absolute atomic E-state index is 12.7. The Morgan fingerprint density at radius 3 is 2.53 bits per heavy atom. The molecule has 0 fully saturated rings. The summed E-state index contributed by atoms with van der Waals surface area (Å²) >= 11 is 0. The number of hydrogen-bond acceptors (Lipinski definition) is 8. The standard InChI is InChI=1S/C19H14F3N5O5/c1-11(28)30-10-17-23-15(25-32-17)9-27-18(29)26-8-13(4-7-16(26)24-27)12-2-5-14(6-3-12)31-19(20,21)22/h2-8H,9-10H2,1H3. The van der Waals surface area contributed by atoms with Gasteiger partial charge in [0, 0.05) is 13.1 Å². The highest BCUT2D eigenvalue weighted by Gasteiger charge is 2.31. The van der Waals surface area contributed by atoms with Crippen molar-refractivity contribution in [3.8, 4) is 16.9 Å². The lowest BCUT2D eigenvalue weighted by Gasteiger charge is -2.09. The van der Waals surface area contributed by atoms with Gasteiger partial charge in [0.25, 0.3) is 5.89 Å². The minimum Gasteiger partial charge on any atom is -0.456 e. The minimum atomic E-state index is -4.78. The van der Waals surface area contributed by atoms with E-state index in [9.17, 15) is 22.8 Å². The normalized spacial score (nSPS) is 11.6. The zero-order valence-electron chi connectivity index (χ0n) is 16.4. The van der Waals surface area contributed by atoms with E-state index in [0.717, 1.165) is 4.68 Å². The second-order valence-electron chi connectivity index (χ2n) is 6.54. The Morgan fingerprint density at radius 2 is 1.84 bits per heavy atom. The van der Waals surface area contributed by atoms with Gasteiger partial charge >= 0.3 is 18.0 Å². The SMILES string of the molecule is CC(=O)OCc1nc(Cn2nc3ccc(-c4ccc(OC(F)(F)F)cc4)cn3c2=O)no1. The lowest BCUT2D eigenvalue weighted by Crippen LogP contribution is -2.22. The van der Waals surface area contributed by atoms with Gasteiger partial charge in [-0.3, -0.25) is 4.79 Å². The third-order valence-corrected chi connectivity index (χ3v) is 4.20. The van der Waals surface area contributed by atoms with Gasteiger partial charge in [0.2, 0.25) is 0 Å². The average Bonchev–Trinajstić information content (AvgIpc) is 3.30. The maximum Gasteiger partial charge on any atom is 0.573 e. The van der Waals surface area contributed by atoms with E-state index in [-0.39, 0.29) is 30.6 Å². The first-order valence-corrected chi connectivity index (χ1v) is 9.08. The molecule has 32 heavy (non-hydrogen) atoms. The van der Waals surface area contributed by atoms with E-state index < -0.39 is 18.0 Å². The van der Waals surface area contributed by atoms with E-state index in [4.69, 9.17) is 9.26 Å². The highest BCUT2D eigenvalue weighted by molar-refractivity contribution is 5.66. The number of alkyl halides is 3. The fraction of sp³-hybridized carbons (Fsp3) is 0.211. The Balaban J connectivity index is 1.55. The fourth-order valence-corrected chi connectivity index (χ4v) is 2.85. The van der Waals surface area contributed by atoms with Gasteiger partial charge in [0.05, 0.1) is 0 Å². The van der Waals surface area contributed by atoms with Crippen molar-refractivity contribution in [3.63, 3.8) is 0 Å². The first-order chi connectivity index (χ1) is 15.2. The number of rotatable bonds is 6. The van der Waals surface area contributed by atoms with Gasteiger partial charge in [-0.15, -0.1) is 18.3 Å². The molecule has 3 aromatic heterocycles. The van der Waals surface area contributed by atoms with E-state index in [1.807, 2.05) is 0 Å². The molecule has 0 N–H and O–H groups in total. The summed E-state index contributed by atoms with van der Waals surface area (Å²) in [7, 11) is 0. The first-order valence-electron chi connectivity index (χ1n) is 9.08. The molecule has 0 amide bonds. The molecule has 4 rings (SSSR count). The molecule has 0 bridgehead atoms. The number of carbonyl (C=O) groups excluding carboxylic acids is 1. The number of carbonyl (C=O) groups is 1. The molecular formula is C19H14F3N5O5. The molecule has 0 radical (unpaired) electrons. The van der Waals surface area contributed by atoms with Crippen LogP contribution in [0.5, 0.6) is 5.75 Å². The van der Waals surface area contributed by atoms with Crippen molar-refractivity contribution in [2.24, 2.45) is 0 Å². The number of nitrogens with zero attached hydrogens (tertiary/aromatic N) is 5. The van der Waals surface area contributed by atoms with Crippen LogP contribution in [0.2, 0.25) is 0 Å². The molecule has 0 spiro atoms. The Morgan fingerprint density at radius 1 is 1.12 bits per heavy atom. The van der Waals surface area contributed by atoms with Gasteiger partial charge in [0.15, 0.2) is 18.1 Å². The number of hydrogen-bond donors (Lipinski definition) is 0. The van der Waals surface area contributed by atoms with Crippen LogP contribution in [0.4, 0.5) is 13.2 Å². The highest BCUT2D eigenvalue weighted by Crippen LogP contribution is 2.26. The van der Waals surface area contributed by atoms with Crippen molar-refractivity contribution in [2.45, 2.75) is 26.4 Å². The van der Waals surface area contributed by atoms with Crippen molar-refractivity contribution in [3.05, 3.63) is 64.8 Å². The summed E-state index contributed by atoms with van der Waals surface area (Å²) in [5, 5.41) is 7.92. The van der Waals surface area contributed by atoms with Crippen LogP contribution in [0.25, 0.3) is 16.8 Å². The minimum absolute atomic E-state index is 0.0762.